The smallest absolute Gasteiger partial charge is 0.0398 e. The molecule has 0 bridgehead atoms. The Morgan fingerprint density at radius 1 is 1.31 bits per heavy atom. The maximum absolute atomic E-state index is 4.27. The molecular formula is C14H21NS. The van der Waals surface area contributed by atoms with E-state index < -0.39 is 0 Å². The largest absolute Gasteiger partial charge is 0.371 e. The number of hydrogen-bond acceptors (Lipinski definition) is 2. The number of anilines is 1. The van der Waals surface area contributed by atoms with Gasteiger partial charge < -0.3 is 4.90 Å². The highest BCUT2D eigenvalue weighted by Gasteiger charge is 2.15. The molecule has 0 unspecified atom stereocenters. The molecule has 88 valence electrons. The van der Waals surface area contributed by atoms with Crippen molar-refractivity contribution in [1.82, 2.24) is 0 Å². The fourth-order valence-electron chi connectivity index (χ4n) is 2.45. The Morgan fingerprint density at radius 2 is 2.19 bits per heavy atom. The lowest BCUT2D eigenvalue weighted by atomic mass is 9.99. The molecule has 0 aliphatic carbocycles. The first-order valence-electron chi connectivity index (χ1n) is 6.26. The summed E-state index contributed by atoms with van der Waals surface area (Å²) in [6.45, 7) is 4.60. The number of hydrogen-bond donors (Lipinski definition) is 1. The van der Waals surface area contributed by atoms with Crippen LogP contribution in [0.4, 0.5) is 5.69 Å². The van der Waals surface area contributed by atoms with Crippen molar-refractivity contribution in [2.45, 2.75) is 32.6 Å². The average Bonchev–Trinajstić information content (AvgIpc) is 2.29. The maximum Gasteiger partial charge on any atom is 0.0398 e. The van der Waals surface area contributed by atoms with Gasteiger partial charge in [0.15, 0.2) is 0 Å². The minimum absolute atomic E-state index is 1.01. The summed E-state index contributed by atoms with van der Waals surface area (Å²) in [6.07, 6.45) is 5.04. The topological polar surface area (TPSA) is 3.24 Å². The third-order valence-corrected chi connectivity index (χ3v) is 3.60. The van der Waals surface area contributed by atoms with E-state index in [1.807, 2.05) is 0 Å². The summed E-state index contributed by atoms with van der Waals surface area (Å²) >= 11 is 4.27. The highest BCUT2D eigenvalue weighted by atomic mass is 32.1. The molecule has 0 amide bonds. The SMILES string of the molecule is Cc1ccc2c(c1)CCCN2CCCCS. The van der Waals surface area contributed by atoms with Crippen molar-refractivity contribution in [2.24, 2.45) is 0 Å². The fraction of sp³-hybridized carbons (Fsp3) is 0.571. The molecule has 1 aromatic carbocycles. The van der Waals surface area contributed by atoms with Gasteiger partial charge in [0, 0.05) is 18.8 Å². The van der Waals surface area contributed by atoms with Crippen LogP contribution in [0, 0.1) is 6.92 Å². The van der Waals surface area contributed by atoms with Crippen LogP contribution < -0.4 is 4.90 Å². The zero-order valence-corrected chi connectivity index (χ0v) is 11.0. The summed E-state index contributed by atoms with van der Waals surface area (Å²) in [5.74, 6) is 1.01. The van der Waals surface area contributed by atoms with Gasteiger partial charge in [0.2, 0.25) is 0 Å². The van der Waals surface area contributed by atoms with Crippen molar-refractivity contribution in [2.75, 3.05) is 23.7 Å². The number of benzene rings is 1. The zero-order chi connectivity index (χ0) is 11.4. The van der Waals surface area contributed by atoms with E-state index in [1.165, 1.54) is 55.6 Å². The predicted octanol–water partition coefficient (Wildman–Crippen LogP) is 3.46. The van der Waals surface area contributed by atoms with Gasteiger partial charge in [-0.2, -0.15) is 12.6 Å². The first-order chi connectivity index (χ1) is 7.81. The number of fused-ring (bicyclic) bond motifs is 1. The lowest BCUT2D eigenvalue weighted by Gasteiger charge is -2.31. The molecule has 0 spiro atoms. The number of unbranched alkanes of at least 4 members (excludes halogenated alkanes) is 1. The van der Waals surface area contributed by atoms with Gasteiger partial charge in [-0.3, -0.25) is 0 Å². The minimum atomic E-state index is 1.01. The second kappa shape index (κ2) is 5.62. The first-order valence-corrected chi connectivity index (χ1v) is 6.90. The highest BCUT2D eigenvalue weighted by molar-refractivity contribution is 7.80. The van der Waals surface area contributed by atoms with Crippen molar-refractivity contribution < 1.29 is 0 Å². The summed E-state index contributed by atoms with van der Waals surface area (Å²) in [6, 6.07) is 6.88. The Kier molecular flexibility index (Phi) is 4.16. The van der Waals surface area contributed by atoms with E-state index in [1.54, 1.807) is 0 Å². The molecule has 1 aliphatic heterocycles. The van der Waals surface area contributed by atoms with Crippen LogP contribution in [0.1, 0.15) is 30.4 Å². The lowest BCUT2D eigenvalue weighted by molar-refractivity contribution is 0.660. The molecule has 0 N–H and O–H groups in total. The quantitative estimate of drug-likeness (QED) is 0.618. The van der Waals surface area contributed by atoms with Crippen molar-refractivity contribution in [3.05, 3.63) is 29.3 Å². The third-order valence-electron chi connectivity index (χ3n) is 3.29. The molecule has 2 rings (SSSR count). The number of thiol groups is 1. The van der Waals surface area contributed by atoms with Gasteiger partial charge in [-0.15, -0.1) is 0 Å². The van der Waals surface area contributed by atoms with Gasteiger partial charge in [0.05, 0.1) is 0 Å². The van der Waals surface area contributed by atoms with Crippen LogP contribution in [0.15, 0.2) is 18.2 Å². The number of nitrogens with zero attached hydrogens (tertiary/aromatic N) is 1. The first kappa shape index (κ1) is 11.8. The molecule has 0 saturated heterocycles. The Labute approximate surface area is 104 Å². The second-order valence-corrected chi connectivity index (χ2v) is 5.10. The van der Waals surface area contributed by atoms with Crippen LogP contribution in [0.5, 0.6) is 0 Å². The minimum Gasteiger partial charge on any atom is -0.371 e. The third kappa shape index (κ3) is 2.73. The van der Waals surface area contributed by atoms with E-state index in [9.17, 15) is 0 Å². The summed E-state index contributed by atoms with van der Waals surface area (Å²) in [5.41, 5.74) is 4.39. The Balaban J connectivity index is 2.07. The van der Waals surface area contributed by atoms with Crippen LogP contribution in [0.25, 0.3) is 0 Å². The summed E-state index contributed by atoms with van der Waals surface area (Å²) in [5, 5.41) is 0. The molecule has 0 aromatic heterocycles. The van der Waals surface area contributed by atoms with Gasteiger partial charge in [-0.25, -0.2) is 0 Å². The standard InChI is InChI=1S/C14H21NS/c1-12-6-7-14-13(11-12)5-4-9-15(14)8-2-3-10-16/h6-7,11,16H,2-5,8-10H2,1H3. The Morgan fingerprint density at radius 3 is 3.00 bits per heavy atom. The van der Waals surface area contributed by atoms with Gasteiger partial charge >= 0.3 is 0 Å². The fourth-order valence-corrected chi connectivity index (χ4v) is 2.67. The molecule has 1 heterocycles. The van der Waals surface area contributed by atoms with Gasteiger partial charge in [0.1, 0.15) is 0 Å². The van der Waals surface area contributed by atoms with Gasteiger partial charge in [-0.1, -0.05) is 17.7 Å². The van der Waals surface area contributed by atoms with E-state index in [4.69, 9.17) is 0 Å². The van der Waals surface area contributed by atoms with Crippen molar-refractivity contribution in [3.63, 3.8) is 0 Å². The Bertz CT molecular complexity index is 349. The van der Waals surface area contributed by atoms with E-state index in [0.717, 1.165) is 5.75 Å². The predicted molar refractivity (Wildman–Crippen MR) is 74.8 cm³/mol. The average molecular weight is 235 g/mol. The van der Waals surface area contributed by atoms with Crippen molar-refractivity contribution in [3.8, 4) is 0 Å². The lowest BCUT2D eigenvalue weighted by Crippen LogP contribution is -2.30. The maximum atomic E-state index is 4.27. The van der Waals surface area contributed by atoms with Crippen molar-refractivity contribution in [1.29, 1.82) is 0 Å². The number of rotatable bonds is 4. The molecule has 0 atom stereocenters. The Hall–Kier alpha value is -0.630. The zero-order valence-electron chi connectivity index (χ0n) is 10.1. The second-order valence-electron chi connectivity index (χ2n) is 4.65. The molecule has 0 fully saturated rings. The molecular weight excluding hydrogens is 214 g/mol. The molecule has 0 radical (unpaired) electrons. The molecule has 1 nitrogen and oxygen atoms in total. The molecule has 16 heavy (non-hydrogen) atoms. The van der Waals surface area contributed by atoms with Crippen LogP contribution >= 0.6 is 12.6 Å². The summed E-state index contributed by atoms with van der Waals surface area (Å²) in [7, 11) is 0. The normalized spacial score (nSPS) is 15.0. The van der Waals surface area contributed by atoms with E-state index in [-0.39, 0.29) is 0 Å². The van der Waals surface area contributed by atoms with Gasteiger partial charge in [-0.05, 0) is 50.0 Å². The van der Waals surface area contributed by atoms with Crippen LogP contribution in [-0.2, 0) is 6.42 Å². The van der Waals surface area contributed by atoms with Crippen molar-refractivity contribution >= 4 is 18.3 Å². The van der Waals surface area contributed by atoms with Crippen LogP contribution in [0.3, 0.4) is 0 Å². The monoisotopic (exact) mass is 235 g/mol. The van der Waals surface area contributed by atoms with E-state index in [2.05, 4.69) is 42.7 Å². The van der Waals surface area contributed by atoms with Gasteiger partial charge in [0.25, 0.3) is 0 Å². The van der Waals surface area contributed by atoms with Crippen LogP contribution in [0.2, 0.25) is 0 Å². The van der Waals surface area contributed by atoms with E-state index in [0.29, 0.717) is 0 Å². The summed E-state index contributed by atoms with van der Waals surface area (Å²) in [4.78, 5) is 2.54. The molecule has 1 aromatic rings. The summed E-state index contributed by atoms with van der Waals surface area (Å²) < 4.78 is 0. The van der Waals surface area contributed by atoms with E-state index >= 15 is 0 Å². The highest BCUT2D eigenvalue weighted by Crippen LogP contribution is 2.28. The molecule has 0 saturated carbocycles. The molecule has 1 aliphatic rings. The number of aryl methyl sites for hydroxylation is 2. The molecule has 2 heteroatoms. The van der Waals surface area contributed by atoms with Crippen LogP contribution in [-0.4, -0.2) is 18.8 Å².